The third kappa shape index (κ3) is 2.69. The van der Waals surface area contributed by atoms with Crippen LogP contribution in [0.2, 0.25) is 0 Å². The van der Waals surface area contributed by atoms with E-state index >= 15 is 0 Å². The van der Waals surface area contributed by atoms with Gasteiger partial charge >= 0.3 is 0 Å². The monoisotopic (exact) mass is 256 g/mol. The van der Waals surface area contributed by atoms with Crippen LogP contribution in [-0.2, 0) is 0 Å². The summed E-state index contributed by atoms with van der Waals surface area (Å²) in [4.78, 5) is 0. The molecule has 0 heterocycles. The first-order valence-electron chi connectivity index (χ1n) is 6.68. The van der Waals surface area contributed by atoms with E-state index < -0.39 is 6.10 Å². The molecule has 1 aliphatic carbocycles. The van der Waals surface area contributed by atoms with Crippen LogP contribution < -0.4 is 0 Å². The standard InChI is InChI=1S/C17H17FO/c1-11-7-15(10-16(18)8-11)17(19)14-4-2-3-13(9-14)12-5-6-12/h2-4,7-10,12,17,19H,5-6H2,1H3. The van der Waals surface area contributed by atoms with Crippen molar-refractivity contribution in [2.75, 3.05) is 0 Å². The first-order valence-corrected chi connectivity index (χ1v) is 6.68. The Labute approximate surface area is 112 Å². The Morgan fingerprint density at radius 3 is 2.58 bits per heavy atom. The van der Waals surface area contributed by atoms with Crippen molar-refractivity contribution in [2.24, 2.45) is 0 Å². The Morgan fingerprint density at radius 2 is 1.89 bits per heavy atom. The molecule has 2 aromatic rings. The molecule has 0 bridgehead atoms. The molecule has 2 heteroatoms. The molecule has 0 aliphatic heterocycles. The summed E-state index contributed by atoms with van der Waals surface area (Å²) in [6.45, 7) is 1.83. The first kappa shape index (κ1) is 12.4. The van der Waals surface area contributed by atoms with Crippen molar-refractivity contribution in [2.45, 2.75) is 31.8 Å². The van der Waals surface area contributed by atoms with Crippen molar-refractivity contribution in [3.05, 3.63) is 70.5 Å². The van der Waals surface area contributed by atoms with Gasteiger partial charge in [0, 0.05) is 0 Å². The van der Waals surface area contributed by atoms with Gasteiger partial charge in [-0.15, -0.1) is 0 Å². The number of rotatable bonds is 3. The van der Waals surface area contributed by atoms with Crippen molar-refractivity contribution >= 4 is 0 Å². The molecule has 1 unspecified atom stereocenters. The molecule has 3 rings (SSSR count). The van der Waals surface area contributed by atoms with Crippen LogP contribution in [0.25, 0.3) is 0 Å². The van der Waals surface area contributed by atoms with Gasteiger partial charge in [-0.3, -0.25) is 0 Å². The molecule has 1 nitrogen and oxygen atoms in total. The van der Waals surface area contributed by atoms with Crippen molar-refractivity contribution in [1.29, 1.82) is 0 Å². The van der Waals surface area contributed by atoms with Crippen LogP contribution in [0.4, 0.5) is 4.39 Å². The lowest BCUT2D eigenvalue weighted by atomic mass is 9.97. The van der Waals surface area contributed by atoms with Gasteiger partial charge in [0.2, 0.25) is 0 Å². The number of aliphatic hydroxyl groups is 1. The maximum atomic E-state index is 13.4. The Bertz CT molecular complexity index is 582. The summed E-state index contributed by atoms with van der Waals surface area (Å²) in [6.07, 6.45) is 1.71. The summed E-state index contributed by atoms with van der Waals surface area (Å²) in [5.41, 5.74) is 3.57. The van der Waals surface area contributed by atoms with E-state index in [0.29, 0.717) is 11.5 Å². The summed E-state index contributed by atoms with van der Waals surface area (Å²) in [5, 5.41) is 10.4. The predicted octanol–water partition coefficient (Wildman–Crippen LogP) is 4.09. The van der Waals surface area contributed by atoms with Gasteiger partial charge in [-0.2, -0.15) is 0 Å². The molecule has 1 N–H and O–H groups in total. The molecule has 1 saturated carbocycles. The molecular formula is C17H17FO. The molecule has 0 amide bonds. The molecule has 0 spiro atoms. The second-order valence-electron chi connectivity index (χ2n) is 5.41. The van der Waals surface area contributed by atoms with Crippen LogP contribution in [0.5, 0.6) is 0 Å². The van der Waals surface area contributed by atoms with Gasteiger partial charge in [-0.05, 0) is 60.1 Å². The maximum absolute atomic E-state index is 13.4. The van der Waals surface area contributed by atoms with E-state index in [4.69, 9.17) is 0 Å². The third-order valence-corrected chi connectivity index (χ3v) is 3.66. The highest BCUT2D eigenvalue weighted by molar-refractivity contribution is 5.36. The smallest absolute Gasteiger partial charge is 0.123 e. The van der Waals surface area contributed by atoms with Crippen LogP contribution in [0.15, 0.2) is 42.5 Å². The number of hydrogen-bond donors (Lipinski definition) is 1. The van der Waals surface area contributed by atoms with E-state index in [-0.39, 0.29) is 5.82 Å². The SMILES string of the molecule is Cc1cc(F)cc(C(O)c2cccc(C3CC3)c2)c1. The highest BCUT2D eigenvalue weighted by Gasteiger charge is 2.24. The van der Waals surface area contributed by atoms with E-state index in [2.05, 4.69) is 6.07 Å². The first-order chi connectivity index (χ1) is 9.13. The fourth-order valence-electron chi connectivity index (χ4n) is 2.51. The average molecular weight is 256 g/mol. The van der Waals surface area contributed by atoms with Crippen molar-refractivity contribution in [3.63, 3.8) is 0 Å². The van der Waals surface area contributed by atoms with Crippen LogP contribution in [-0.4, -0.2) is 5.11 Å². The summed E-state index contributed by atoms with van der Waals surface area (Å²) in [7, 11) is 0. The highest BCUT2D eigenvalue weighted by Crippen LogP contribution is 2.40. The van der Waals surface area contributed by atoms with E-state index in [9.17, 15) is 9.50 Å². The minimum atomic E-state index is -0.756. The van der Waals surface area contributed by atoms with Crippen LogP contribution >= 0.6 is 0 Å². The van der Waals surface area contributed by atoms with Crippen LogP contribution in [0.1, 0.15) is 47.1 Å². The van der Waals surface area contributed by atoms with E-state index in [0.717, 1.165) is 11.1 Å². The average Bonchev–Trinajstić information content (AvgIpc) is 3.21. The predicted molar refractivity (Wildman–Crippen MR) is 73.6 cm³/mol. The van der Waals surface area contributed by atoms with E-state index in [1.54, 1.807) is 0 Å². The van der Waals surface area contributed by atoms with Gasteiger partial charge in [0.15, 0.2) is 0 Å². The largest absolute Gasteiger partial charge is 0.384 e. The normalized spacial score (nSPS) is 16.4. The summed E-state index contributed by atoms with van der Waals surface area (Å²) >= 11 is 0. The minimum Gasteiger partial charge on any atom is -0.384 e. The Balaban J connectivity index is 1.93. The lowest BCUT2D eigenvalue weighted by molar-refractivity contribution is 0.219. The Hall–Kier alpha value is -1.67. The quantitative estimate of drug-likeness (QED) is 0.876. The zero-order valence-corrected chi connectivity index (χ0v) is 10.9. The zero-order chi connectivity index (χ0) is 13.4. The van der Waals surface area contributed by atoms with Gasteiger partial charge in [0.1, 0.15) is 11.9 Å². The minimum absolute atomic E-state index is 0.299. The summed E-state index contributed by atoms with van der Waals surface area (Å²) < 4.78 is 13.4. The molecule has 0 saturated heterocycles. The lowest BCUT2D eigenvalue weighted by Crippen LogP contribution is -2.01. The molecule has 98 valence electrons. The van der Waals surface area contributed by atoms with Gasteiger partial charge in [0.25, 0.3) is 0 Å². The van der Waals surface area contributed by atoms with Gasteiger partial charge in [0.05, 0.1) is 0 Å². The van der Waals surface area contributed by atoms with Crippen LogP contribution in [0.3, 0.4) is 0 Å². The lowest BCUT2D eigenvalue weighted by Gasteiger charge is -2.13. The Morgan fingerprint density at radius 1 is 1.11 bits per heavy atom. The molecule has 1 fully saturated rings. The van der Waals surface area contributed by atoms with Crippen molar-refractivity contribution in [3.8, 4) is 0 Å². The highest BCUT2D eigenvalue weighted by atomic mass is 19.1. The molecule has 2 aromatic carbocycles. The molecule has 1 atom stereocenters. The number of hydrogen-bond acceptors (Lipinski definition) is 1. The molecule has 19 heavy (non-hydrogen) atoms. The molecule has 0 aromatic heterocycles. The second kappa shape index (κ2) is 4.78. The topological polar surface area (TPSA) is 20.2 Å². The summed E-state index contributed by atoms with van der Waals surface area (Å²) in [5.74, 6) is 0.355. The number of benzene rings is 2. The maximum Gasteiger partial charge on any atom is 0.123 e. The fourth-order valence-corrected chi connectivity index (χ4v) is 2.51. The van der Waals surface area contributed by atoms with Gasteiger partial charge in [-0.25, -0.2) is 4.39 Å². The van der Waals surface area contributed by atoms with Crippen LogP contribution in [0, 0.1) is 12.7 Å². The van der Waals surface area contributed by atoms with Gasteiger partial charge < -0.3 is 5.11 Å². The molecule has 0 radical (unpaired) electrons. The summed E-state index contributed by atoms with van der Waals surface area (Å²) in [6, 6.07) is 12.7. The van der Waals surface area contributed by atoms with E-state index in [1.807, 2.05) is 31.2 Å². The Kier molecular flexibility index (Phi) is 3.11. The third-order valence-electron chi connectivity index (χ3n) is 3.66. The van der Waals surface area contributed by atoms with Crippen molar-refractivity contribution < 1.29 is 9.50 Å². The zero-order valence-electron chi connectivity index (χ0n) is 10.9. The fraction of sp³-hybridized carbons (Fsp3) is 0.294. The molecular weight excluding hydrogens is 239 g/mol. The van der Waals surface area contributed by atoms with Crippen molar-refractivity contribution in [1.82, 2.24) is 0 Å². The number of halogens is 1. The van der Waals surface area contributed by atoms with Gasteiger partial charge in [-0.1, -0.05) is 30.3 Å². The van der Waals surface area contributed by atoms with E-state index in [1.165, 1.54) is 30.5 Å². The second-order valence-corrected chi connectivity index (χ2v) is 5.41. The number of aliphatic hydroxyl groups excluding tert-OH is 1. The molecule has 1 aliphatic rings. The number of aryl methyl sites for hydroxylation is 1.